The highest BCUT2D eigenvalue weighted by atomic mass is 19.2. The van der Waals surface area contributed by atoms with Crippen molar-refractivity contribution in [3.8, 4) is 23.0 Å². The Balaban J connectivity index is 0.000000174. The number of carbonyl (C=O) groups is 2. The van der Waals surface area contributed by atoms with Gasteiger partial charge in [0, 0.05) is 48.7 Å². The maximum absolute atomic E-state index is 15.0. The lowest BCUT2D eigenvalue weighted by Crippen LogP contribution is -2.55. The minimum Gasteiger partial charge on any atom is -0.502 e. The Morgan fingerprint density at radius 2 is 0.914 bits per heavy atom. The Bertz CT molecular complexity index is 3020. The standard InChI is InChI=1S/2C25H20F3N3O4/c2*26-13-15-5-1-2-6-16(15)21-17-7-8-18(27)20(28)24(17)35-12-4-3-10-29-14-31(21)30-11-9-19(32)23(33)22(30)25(29)34/h2*1-9,11,21,33H,10,12-14H2/b2*4-3-/t2*21-/m10/s1. The van der Waals surface area contributed by atoms with Crippen LogP contribution in [0.25, 0.3) is 0 Å². The fourth-order valence-electron chi connectivity index (χ4n) is 8.91. The Morgan fingerprint density at radius 3 is 1.31 bits per heavy atom. The number of fused-ring (bicyclic) bond motifs is 10. The zero-order chi connectivity index (χ0) is 49.4. The molecular weight excluding hydrogens is 927 g/mol. The summed E-state index contributed by atoms with van der Waals surface area (Å²) >= 11 is 0. The van der Waals surface area contributed by atoms with E-state index >= 15 is 8.78 Å². The molecule has 20 heteroatoms. The van der Waals surface area contributed by atoms with Crippen molar-refractivity contribution in [2.75, 3.05) is 49.7 Å². The van der Waals surface area contributed by atoms with E-state index in [1.807, 2.05) is 0 Å². The van der Waals surface area contributed by atoms with Crippen molar-refractivity contribution in [3.63, 3.8) is 0 Å². The average molecular weight is 967 g/mol. The molecule has 4 aliphatic rings. The summed E-state index contributed by atoms with van der Waals surface area (Å²) in [6, 6.07) is 17.9. The molecule has 2 amide bonds. The second-order valence-corrected chi connectivity index (χ2v) is 16.3. The molecule has 2 atom stereocenters. The summed E-state index contributed by atoms with van der Waals surface area (Å²) in [5.74, 6) is -8.02. The first-order valence-electron chi connectivity index (χ1n) is 21.6. The molecule has 0 radical (unpaired) electrons. The number of pyridine rings is 2. The topological polar surface area (TPSA) is 150 Å². The molecule has 6 heterocycles. The summed E-state index contributed by atoms with van der Waals surface area (Å²) in [6.07, 6.45) is 8.94. The molecule has 0 spiro atoms. The molecule has 14 nitrogen and oxygen atoms in total. The van der Waals surface area contributed by atoms with Crippen LogP contribution in [0.2, 0.25) is 0 Å². The van der Waals surface area contributed by atoms with E-state index in [1.54, 1.807) is 82.9 Å². The average Bonchev–Trinajstić information content (AvgIpc) is 3.42. The van der Waals surface area contributed by atoms with Crippen molar-refractivity contribution >= 4 is 11.8 Å². The molecule has 360 valence electrons. The fourth-order valence-corrected chi connectivity index (χ4v) is 8.91. The summed E-state index contributed by atoms with van der Waals surface area (Å²) < 4.78 is 101. The number of nitrogens with zero attached hydrogens (tertiary/aromatic N) is 6. The lowest BCUT2D eigenvalue weighted by molar-refractivity contribution is 0.0694. The molecule has 0 fully saturated rings. The smallest absolute Gasteiger partial charge is 0.278 e. The van der Waals surface area contributed by atoms with Crippen LogP contribution in [0.3, 0.4) is 0 Å². The predicted molar refractivity (Wildman–Crippen MR) is 241 cm³/mol. The lowest BCUT2D eigenvalue weighted by Gasteiger charge is -2.44. The number of hydrogen-bond acceptors (Lipinski definition) is 10. The number of ether oxygens (including phenoxy) is 2. The van der Waals surface area contributed by atoms with Crippen LogP contribution in [0, 0.1) is 23.3 Å². The largest absolute Gasteiger partial charge is 0.502 e. The number of benzene rings is 4. The molecule has 0 unspecified atom stereocenters. The molecule has 0 saturated heterocycles. The van der Waals surface area contributed by atoms with Gasteiger partial charge >= 0.3 is 0 Å². The molecule has 0 aliphatic carbocycles. The van der Waals surface area contributed by atoms with Gasteiger partial charge in [-0.25, -0.2) is 17.6 Å². The lowest BCUT2D eigenvalue weighted by atomic mass is 9.93. The molecule has 2 aromatic heterocycles. The van der Waals surface area contributed by atoms with Crippen LogP contribution >= 0.6 is 0 Å². The second kappa shape index (κ2) is 19.3. The fraction of sp³-hybridized carbons (Fsp3) is 0.200. The van der Waals surface area contributed by atoms with Gasteiger partial charge in [-0.15, -0.1) is 0 Å². The Labute approximate surface area is 393 Å². The maximum atomic E-state index is 15.0. The second-order valence-electron chi connectivity index (χ2n) is 16.3. The molecule has 4 aliphatic heterocycles. The number of halogens is 6. The molecular formula is C50H40F6N6O8. The Kier molecular flexibility index (Phi) is 12.9. The van der Waals surface area contributed by atoms with Crippen LogP contribution in [-0.2, 0) is 13.3 Å². The summed E-state index contributed by atoms with van der Waals surface area (Å²) in [7, 11) is 0. The molecule has 4 bridgehead atoms. The number of hydrogen-bond donors (Lipinski definition) is 2. The quantitative estimate of drug-likeness (QED) is 0.143. The molecule has 4 aromatic carbocycles. The van der Waals surface area contributed by atoms with Crippen LogP contribution in [0.1, 0.15) is 66.4 Å². The van der Waals surface area contributed by atoms with Crippen LogP contribution in [0.15, 0.2) is 131 Å². The van der Waals surface area contributed by atoms with E-state index in [4.69, 9.17) is 9.47 Å². The van der Waals surface area contributed by atoms with Gasteiger partial charge in [0.2, 0.25) is 22.5 Å². The highest BCUT2D eigenvalue weighted by Gasteiger charge is 2.41. The number of carbonyl (C=O) groups excluding carboxylic acids is 2. The van der Waals surface area contributed by atoms with Crippen molar-refractivity contribution in [3.05, 3.63) is 210 Å². The third-order valence-corrected chi connectivity index (χ3v) is 12.2. The van der Waals surface area contributed by atoms with Gasteiger partial charge in [0.15, 0.2) is 46.0 Å². The van der Waals surface area contributed by atoms with Crippen molar-refractivity contribution in [2.45, 2.75) is 25.4 Å². The van der Waals surface area contributed by atoms with E-state index < -0.39 is 82.9 Å². The van der Waals surface area contributed by atoms with Gasteiger partial charge in [0.1, 0.15) is 52.0 Å². The molecule has 70 heavy (non-hydrogen) atoms. The van der Waals surface area contributed by atoms with Gasteiger partial charge in [-0.3, -0.25) is 38.5 Å². The van der Waals surface area contributed by atoms with Crippen LogP contribution in [0.5, 0.6) is 23.0 Å². The first-order valence-corrected chi connectivity index (χ1v) is 21.6. The van der Waals surface area contributed by atoms with E-state index in [0.29, 0.717) is 11.1 Å². The minimum atomic E-state index is -1.20. The van der Waals surface area contributed by atoms with Gasteiger partial charge in [-0.2, -0.15) is 8.78 Å². The number of aromatic nitrogens is 2. The monoisotopic (exact) mass is 966 g/mol. The van der Waals surface area contributed by atoms with Gasteiger partial charge < -0.3 is 29.5 Å². The number of amides is 2. The maximum Gasteiger partial charge on any atom is 0.278 e. The van der Waals surface area contributed by atoms with E-state index in [-0.39, 0.29) is 84.8 Å². The Morgan fingerprint density at radius 1 is 0.514 bits per heavy atom. The first kappa shape index (κ1) is 46.7. The molecule has 10 rings (SSSR count). The third kappa shape index (κ3) is 8.23. The van der Waals surface area contributed by atoms with Crippen molar-refractivity contribution < 1.29 is 55.6 Å². The first-order chi connectivity index (χ1) is 33.8. The van der Waals surface area contributed by atoms with E-state index in [9.17, 15) is 47.0 Å². The van der Waals surface area contributed by atoms with Gasteiger partial charge in [0.05, 0.1) is 0 Å². The van der Waals surface area contributed by atoms with E-state index in [2.05, 4.69) is 0 Å². The van der Waals surface area contributed by atoms with Gasteiger partial charge in [0.25, 0.3) is 11.8 Å². The molecule has 0 saturated carbocycles. The zero-order valence-corrected chi connectivity index (χ0v) is 36.7. The highest BCUT2D eigenvalue weighted by Crippen LogP contribution is 2.42. The third-order valence-electron chi connectivity index (χ3n) is 12.2. The summed E-state index contributed by atoms with van der Waals surface area (Å²) in [6.45, 7) is -1.85. The SMILES string of the molecule is O=C1c2c(O)c(=O)ccn2N2CN1C/C=C\COc1c(ccc(F)c1F)[C@@H]2c1ccccc1CF.O=C1c2c(O)c(=O)ccn2N2CN1C/C=C\COc1c(ccc(F)c1F)[C@H]2c1ccccc1CF. The van der Waals surface area contributed by atoms with Gasteiger partial charge in [-0.1, -0.05) is 60.7 Å². The summed E-state index contributed by atoms with van der Waals surface area (Å²) in [5.41, 5.74) is -0.307. The van der Waals surface area contributed by atoms with Crippen molar-refractivity contribution in [1.29, 1.82) is 0 Å². The van der Waals surface area contributed by atoms with Crippen molar-refractivity contribution in [1.82, 2.24) is 19.2 Å². The van der Waals surface area contributed by atoms with E-state index in [0.717, 1.165) is 24.3 Å². The number of aromatic hydroxyl groups is 2. The number of alkyl halides is 2. The van der Waals surface area contributed by atoms with Crippen molar-refractivity contribution in [2.24, 2.45) is 0 Å². The normalized spacial score (nSPS) is 18.3. The highest BCUT2D eigenvalue weighted by molar-refractivity contribution is 5.97. The minimum absolute atomic E-state index is 0.0673. The Hall–Kier alpha value is -8.42. The van der Waals surface area contributed by atoms with Crippen LogP contribution < -0.4 is 30.3 Å². The predicted octanol–water partition coefficient (Wildman–Crippen LogP) is 6.78. The number of rotatable bonds is 4. The van der Waals surface area contributed by atoms with Gasteiger partial charge in [-0.05, 0) is 58.7 Å². The van der Waals surface area contributed by atoms with Crippen LogP contribution in [-0.4, -0.2) is 80.8 Å². The summed E-state index contributed by atoms with van der Waals surface area (Å²) in [4.78, 5) is 53.5. The van der Waals surface area contributed by atoms with E-state index in [1.165, 1.54) is 43.7 Å². The zero-order valence-electron chi connectivity index (χ0n) is 36.7. The molecule has 2 N–H and O–H groups in total. The van der Waals surface area contributed by atoms with Crippen LogP contribution in [0.4, 0.5) is 26.3 Å². The molecule has 6 aromatic rings. The summed E-state index contributed by atoms with van der Waals surface area (Å²) in [5, 5.41) is 24.2.